The van der Waals surface area contributed by atoms with E-state index in [1.54, 1.807) is 0 Å². The molecule has 1 heterocycles. The molecule has 0 aromatic rings. The Hall–Kier alpha value is -0.570. The molecule has 2 atom stereocenters. The van der Waals surface area contributed by atoms with Gasteiger partial charge in [0.1, 0.15) is 0 Å². The van der Waals surface area contributed by atoms with Crippen LogP contribution in [0.15, 0.2) is 0 Å². The summed E-state index contributed by atoms with van der Waals surface area (Å²) < 4.78 is 0. The molecule has 0 aromatic heterocycles. The molecule has 1 amide bonds. The Morgan fingerprint density at radius 2 is 1.62 bits per heavy atom. The van der Waals surface area contributed by atoms with E-state index in [9.17, 15) is 4.79 Å². The Bertz CT molecular complexity index is 238. The molecule has 1 N–H and O–H groups in total. The fourth-order valence-electron chi connectivity index (χ4n) is 3.11. The second-order valence-electron chi connectivity index (χ2n) is 5.55. The molecule has 1 saturated heterocycles. The summed E-state index contributed by atoms with van der Waals surface area (Å²) in [7, 11) is 0. The van der Waals surface area contributed by atoms with Crippen molar-refractivity contribution in [3.8, 4) is 0 Å². The van der Waals surface area contributed by atoms with E-state index in [-0.39, 0.29) is 0 Å². The third kappa shape index (κ3) is 2.76. The third-order valence-corrected chi connectivity index (χ3v) is 3.82. The van der Waals surface area contributed by atoms with Crippen LogP contribution in [0.4, 0.5) is 0 Å². The van der Waals surface area contributed by atoms with Crippen molar-refractivity contribution >= 4 is 5.91 Å². The molecule has 0 spiro atoms. The quantitative estimate of drug-likeness (QED) is 0.736. The van der Waals surface area contributed by atoms with Crippen LogP contribution in [0.3, 0.4) is 0 Å². The highest BCUT2D eigenvalue weighted by Gasteiger charge is 2.30. The summed E-state index contributed by atoms with van der Waals surface area (Å²) in [6, 6.07) is 0.882. The fraction of sp³-hybridized carbons (Fsp3) is 0.923. The summed E-state index contributed by atoms with van der Waals surface area (Å²) >= 11 is 0. The second kappa shape index (κ2) is 5.17. The van der Waals surface area contributed by atoms with Crippen molar-refractivity contribution < 1.29 is 4.79 Å². The Morgan fingerprint density at radius 3 is 2.19 bits per heavy atom. The van der Waals surface area contributed by atoms with Gasteiger partial charge in [-0.25, -0.2) is 0 Å². The van der Waals surface area contributed by atoms with Crippen LogP contribution in [0.1, 0.15) is 46.0 Å². The molecule has 1 aliphatic heterocycles. The van der Waals surface area contributed by atoms with Gasteiger partial charge in [0.15, 0.2) is 0 Å². The summed E-state index contributed by atoms with van der Waals surface area (Å²) in [5.74, 6) is 0.742. The smallest absolute Gasteiger partial charge is 0.225 e. The highest BCUT2D eigenvalue weighted by atomic mass is 16.2. The lowest BCUT2D eigenvalue weighted by Gasteiger charge is -2.38. The molecule has 2 rings (SSSR count). The maximum absolute atomic E-state index is 12.3. The predicted octanol–water partition coefficient (Wildman–Crippen LogP) is 1.78. The number of hydrogen-bond donors (Lipinski definition) is 1. The normalized spacial score (nSPS) is 32.8. The minimum Gasteiger partial charge on any atom is -0.339 e. The number of piperazine rings is 1. The van der Waals surface area contributed by atoms with Gasteiger partial charge < -0.3 is 10.2 Å². The summed E-state index contributed by atoms with van der Waals surface area (Å²) in [4.78, 5) is 14.4. The Balaban J connectivity index is 1.92. The van der Waals surface area contributed by atoms with Crippen molar-refractivity contribution in [1.29, 1.82) is 0 Å². The molecule has 3 nitrogen and oxygen atoms in total. The Morgan fingerprint density at radius 1 is 1.06 bits per heavy atom. The highest BCUT2D eigenvalue weighted by molar-refractivity contribution is 5.79. The van der Waals surface area contributed by atoms with Crippen LogP contribution >= 0.6 is 0 Å². The van der Waals surface area contributed by atoms with Gasteiger partial charge in [0.05, 0.1) is 0 Å². The van der Waals surface area contributed by atoms with Crippen LogP contribution in [0.5, 0.6) is 0 Å². The van der Waals surface area contributed by atoms with Crippen molar-refractivity contribution in [3.05, 3.63) is 0 Å². The molecular weight excluding hydrogens is 200 g/mol. The maximum atomic E-state index is 12.3. The van der Waals surface area contributed by atoms with E-state index in [0.29, 0.717) is 23.9 Å². The van der Waals surface area contributed by atoms with Gasteiger partial charge in [0.25, 0.3) is 0 Å². The lowest BCUT2D eigenvalue weighted by Crippen LogP contribution is -2.57. The van der Waals surface area contributed by atoms with Gasteiger partial charge in [0, 0.05) is 31.1 Å². The van der Waals surface area contributed by atoms with Gasteiger partial charge in [-0.1, -0.05) is 19.3 Å². The monoisotopic (exact) mass is 224 g/mol. The van der Waals surface area contributed by atoms with Gasteiger partial charge in [-0.15, -0.1) is 0 Å². The molecule has 1 aliphatic carbocycles. The predicted molar refractivity (Wildman–Crippen MR) is 65.2 cm³/mol. The maximum Gasteiger partial charge on any atom is 0.225 e. The van der Waals surface area contributed by atoms with Crippen molar-refractivity contribution in [2.45, 2.75) is 58.0 Å². The van der Waals surface area contributed by atoms with Crippen LogP contribution in [-0.2, 0) is 4.79 Å². The molecule has 0 aromatic carbocycles. The first-order valence-corrected chi connectivity index (χ1v) is 6.71. The van der Waals surface area contributed by atoms with Crippen LogP contribution in [0.25, 0.3) is 0 Å². The van der Waals surface area contributed by atoms with Gasteiger partial charge in [0.2, 0.25) is 5.91 Å². The summed E-state index contributed by atoms with van der Waals surface area (Å²) in [5, 5.41) is 3.47. The topological polar surface area (TPSA) is 32.3 Å². The average Bonchev–Trinajstić information content (AvgIpc) is 2.28. The van der Waals surface area contributed by atoms with Crippen LogP contribution in [-0.4, -0.2) is 36.0 Å². The fourth-order valence-corrected chi connectivity index (χ4v) is 3.11. The Labute approximate surface area is 98.6 Å². The lowest BCUT2D eigenvalue weighted by molar-refractivity contribution is -0.138. The summed E-state index contributed by atoms with van der Waals surface area (Å²) in [5.41, 5.74) is 0. The molecule has 92 valence electrons. The van der Waals surface area contributed by atoms with Crippen molar-refractivity contribution in [2.24, 2.45) is 5.92 Å². The molecule has 0 radical (unpaired) electrons. The van der Waals surface area contributed by atoms with Crippen molar-refractivity contribution in [2.75, 3.05) is 13.1 Å². The van der Waals surface area contributed by atoms with Gasteiger partial charge in [-0.05, 0) is 26.7 Å². The number of carbonyl (C=O) groups excluding carboxylic acids is 1. The minimum atomic E-state index is 0.325. The molecular formula is C13H24N2O. The molecule has 2 fully saturated rings. The van der Waals surface area contributed by atoms with Gasteiger partial charge in [-0.2, -0.15) is 0 Å². The first-order chi connectivity index (χ1) is 7.66. The summed E-state index contributed by atoms with van der Waals surface area (Å²) in [6.45, 7) is 6.10. The van der Waals surface area contributed by atoms with E-state index in [0.717, 1.165) is 25.9 Å². The van der Waals surface area contributed by atoms with E-state index in [4.69, 9.17) is 0 Å². The van der Waals surface area contributed by atoms with Crippen molar-refractivity contribution in [1.82, 2.24) is 10.2 Å². The molecule has 2 unspecified atom stereocenters. The van der Waals surface area contributed by atoms with E-state index >= 15 is 0 Å². The number of hydrogen-bond acceptors (Lipinski definition) is 2. The van der Waals surface area contributed by atoms with Crippen molar-refractivity contribution in [3.63, 3.8) is 0 Å². The first kappa shape index (κ1) is 11.9. The molecule has 1 saturated carbocycles. The zero-order chi connectivity index (χ0) is 11.5. The van der Waals surface area contributed by atoms with E-state index in [1.807, 2.05) is 0 Å². The van der Waals surface area contributed by atoms with E-state index < -0.39 is 0 Å². The lowest BCUT2D eigenvalue weighted by atomic mass is 9.88. The largest absolute Gasteiger partial charge is 0.339 e. The number of carbonyl (C=O) groups is 1. The van der Waals surface area contributed by atoms with Gasteiger partial charge in [-0.3, -0.25) is 4.79 Å². The number of amides is 1. The minimum absolute atomic E-state index is 0.325. The van der Waals surface area contributed by atoms with Crippen LogP contribution in [0, 0.1) is 5.92 Å². The van der Waals surface area contributed by atoms with Gasteiger partial charge >= 0.3 is 0 Å². The molecule has 2 aliphatic rings. The number of nitrogens with zero attached hydrogens (tertiary/aromatic N) is 1. The SMILES string of the molecule is CC1CN(C(=O)C2CCCCC2)CC(C)N1. The zero-order valence-electron chi connectivity index (χ0n) is 10.5. The van der Waals surface area contributed by atoms with E-state index in [2.05, 4.69) is 24.1 Å². The molecule has 3 heteroatoms. The highest BCUT2D eigenvalue weighted by Crippen LogP contribution is 2.26. The molecule has 0 bridgehead atoms. The second-order valence-corrected chi connectivity index (χ2v) is 5.55. The standard InChI is InChI=1S/C13H24N2O/c1-10-8-15(9-11(2)14-10)13(16)12-6-4-3-5-7-12/h10-12,14H,3-9H2,1-2H3. The van der Waals surface area contributed by atoms with E-state index in [1.165, 1.54) is 19.3 Å². The van der Waals surface area contributed by atoms with Crippen LogP contribution < -0.4 is 5.32 Å². The first-order valence-electron chi connectivity index (χ1n) is 6.71. The number of nitrogens with one attached hydrogen (secondary N) is 1. The summed E-state index contributed by atoms with van der Waals surface area (Å²) in [6.07, 6.45) is 6.04. The molecule has 16 heavy (non-hydrogen) atoms. The zero-order valence-corrected chi connectivity index (χ0v) is 10.5. The third-order valence-electron chi connectivity index (χ3n) is 3.82. The Kier molecular flexibility index (Phi) is 3.85. The average molecular weight is 224 g/mol. The van der Waals surface area contributed by atoms with Crippen LogP contribution in [0.2, 0.25) is 0 Å². The number of rotatable bonds is 1.